The van der Waals surface area contributed by atoms with E-state index < -0.39 is 0 Å². The van der Waals surface area contributed by atoms with E-state index in [4.69, 9.17) is 23.2 Å². The third kappa shape index (κ3) is 4.91. The molecule has 3 rings (SSSR count). The maximum Gasteiger partial charge on any atom is 0.240 e. The fraction of sp³-hybridized carbons (Fsp3) is 0.375. The number of aromatic nitrogens is 1. The zero-order chi connectivity index (χ0) is 16.9. The lowest BCUT2D eigenvalue weighted by Crippen LogP contribution is -2.48. The number of piperazine rings is 1. The van der Waals surface area contributed by atoms with Gasteiger partial charge in [-0.2, -0.15) is 0 Å². The third-order valence-corrected chi connectivity index (χ3v) is 5.33. The van der Waals surface area contributed by atoms with Gasteiger partial charge in [0.15, 0.2) is 5.13 Å². The van der Waals surface area contributed by atoms with Gasteiger partial charge in [-0.3, -0.25) is 14.6 Å². The van der Waals surface area contributed by atoms with Gasteiger partial charge < -0.3 is 5.32 Å². The molecule has 0 unspecified atom stereocenters. The molecule has 0 aliphatic carbocycles. The van der Waals surface area contributed by atoms with Crippen LogP contribution in [0.5, 0.6) is 0 Å². The quantitative estimate of drug-likeness (QED) is 0.859. The zero-order valence-corrected chi connectivity index (χ0v) is 15.4. The summed E-state index contributed by atoms with van der Waals surface area (Å²) in [6.07, 6.45) is 1.68. The van der Waals surface area contributed by atoms with Crippen LogP contribution in [0.1, 0.15) is 5.56 Å². The third-order valence-electron chi connectivity index (χ3n) is 3.90. The van der Waals surface area contributed by atoms with Gasteiger partial charge in [-0.1, -0.05) is 29.3 Å². The van der Waals surface area contributed by atoms with Crippen molar-refractivity contribution < 1.29 is 4.79 Å². The van der Waals surface area contributed by atoms with Crippen molar-refractivity contribution in [2.75, 3.05) is 38.0 Å². The van der Waals surface area contributed by atoms with Gasteiger partial charge in [0, 0.05) is 44.3 Å². The molecule has 0 bridgehead atoms. The van der Waals surface area contributed by atoms with E-state index in [-0.39, 0.29) is 5.91 Å². The fourth-order valence-corrected chi connectivity index (χ4v) is 3.51. The first-order valence-corrected chi connectivity index (χ1v) is 9.32. The van der Waals surface area contributed by atoms with Gasteiger partial charge in [-0.25, -0.2) is 4.98 Å². The summed E-state index contributed by atoms with van der Waals surface area (Å²) in [6, 6.07) is 5.75. The number of rotatable bonds is 5. The first-order chi connectivity index (χ1) is 11.6. The summed E-state index contributed by atoms with van der Waals surface area (Å²) in [6.45, 7) is 4.82. The molecule has 1 saturated heterocycles. The second-order valence-corrected chi connectivity index (χ2v) is 7.40. The number of halogens is 2. The molecule has 2 heterocycles. The molecule has 1 fully saturated rings. The van der Waals surface area contributed by atoms with E-state index in [1.54, 1.807) is 6.20 Å². The minimum absolute atomic E-state index is 0.0112. The van der Waals surface area contributed by atoms with E-state index in [1.165, 1.54) is 11.3 Å². The second kappa shape index (κ2) is 8.27. The second-order valence-electron chi connectivity index (χ2n) is 5.69. The van der Waals surface area contributed by atoms with Crippen LogP contribution in [0, 0.1) is 0 Å². The average molecular weight is 385 g/mol. The van der Waals surface area contributed by atoms with Gasteiger partial charge in [-0.05, 0) is 17.7 Å². The summed E-state index contributed by atoms with van der Waals surface area (Å²) in [4.78, 5) is 20.6. The standard InChI is InChI=1S/C16H18Cl2N4OS/c17-13-2-1-12(9-14(13)18)10-21-4-6-22(7-5-21)11-15(23)20-16-19-3-8-24-16/h1-3,8-9H,4-7,10-11H2,(H,19,20,23). The minimum atomic E-state index is -0.0112. The van der Waals surface area contributed by atoms with E-state index in [9.17, 15) is 4.79 Å². The van der Waals surface area contributed by atoms with Crippen molar-refractivity contribution in [2.24, 2.45) is 0 Å². The van der Waals surface area contributed by atoms with Crippen LogP contribution in [0.4, 0.5) is 5.13 Å². The fourth-order valence-electron chi connectivity index (χ4n) is 2.65. The smallest absolute Gasteiger partial charge is 0.240 e. The van der Waals surface area contributed by atoms with Crippen molar-refractivity contribution >= 4 is 45.6 Å². The van der Waals surface area contributed by atoms with Crippen LogP contribution in [-0.2, 0) is 11.3 Å². The highest BCUT2D eigenvalue weighted by Gasteiger charge is 2.19. The highest BCUT2D eigenvalue weighted by Crippen LogP contribution is 2.23. The highest BCUT2D eigenvalue weighted by atomic mass is 35.5. The first-order valence-electron chi connectivity index (χ1n) is 7.68. The lowest BCUT2D eigenvalue weighted by atomic mass is 10.2. The molecule has 1 N–H and O–H groups in total. The molecule has 128 valence electrons. The number of hydrogen-bond donors (Lipinski definition) is 1. The highest BCUT2D eigenvalue weighted by molar-refractivity contribution is 7.13. The Hall–Kier alpha value is -1.18. The van der Waals surface area contributed by atoms with Crippen LogP contribution in [0.3, 0.4) is 0 Å². The van der Waals surface area contributed by atoms with Crippen molar-refractivity contribution in [1.29, 1.82) is 0 Å². The van der Waals surface area contributed by atoms with Crippen LogP contribution < -0.4 is 5.32 Å². The number of carbonyl (C=O) groups excluding carboxylic acids is 1. The molecule has 1 amide bonds. The monoisotopic (exact) mass is 384 g/mol. The van der Waals surface area contributed by atoms with E-state index in [0.717, 1.165) is 38.3 Å². The number of anilines is 1. The molecule has 1 aliphatic heterocycles. The molecule has 5 nitrogen and oxygen atoms in total. The number of benzene rings is 1. The lowest BCUT2D eigenvalue weighted by molar-refractivity contribution is -0.117. The maximum atomic E-state index is 12.0. The van der Waals surface area contributed by atoms with Crippen LogP contribution in [0.15, 0.2) is 29.8 Å². The Bertz CT molecular complexity index is 687. The normalized spacial score (nSPS) is 16.2. The van der Waals surface area contributed by atoms with Gasteiger partial charge in [0.25, 0.3) is 0 Å². The number of nitrogens with one attached hydrogen (secondary N) is 1. The molecular weight excluding hydrogens is 367 g/mol. The topological polar surface area (TPSA) is 48.5 Å². The van der Waals surface area contributed by atoms with E-state index in [1.807, 2.05) is 23.6 Å². The Kier molecular flexibility index (Phi) is 6.08. The SMILES string of the molecule is O=C(CN1CCN(Cc2ccc(Cl)c(Cl)c2)CC1)Nc1nccs1. The van der Waals surface area contributed by atoms with Crippen LogP contribution in [0.2, 0.25) is 10.0 Å². The van der Waals surface area contributed by atoms with Gasteiger partial charge in [0.05, 0.1) is 16.6 Å². The van der Waals surface area contributed by atoms with Crippen molar-refractivity contribution in [3.8, 4) is 0 Å². The molecule has 0 saturated carbocycles. The van der Waals surface area contributed by atoms with Crippen molar-refractivity contribution in [3.05, 3.63) is 45.4 Å². The largest absolute Gasteiger partial charge is 0.301 e. The van der Waals surface area contributed by atoms with Crippen molar-refractivity contribution in [1.82, 2.24) is 14.8 Å². The summed E-state index contributed by atoms with van der Waals surface area (Å²) in [5, 5.41) is 6.48. The minimum Gasteiger partial charge on any atom is -0.301 e. The molecule has 1 aliphatic rings. The van der Waals surface area contributed by atoms with Gasteiger partial charge in [0.1, 0.15) is 0 Å². The number of amides is 1. The zero-order valence-electron chi connectivity index (χ0n) is 13.0. The molecule has 0 radical (unpaired) electrons. The van der Waals surface area contributed by atoms with Crippen molar-refractivity contribution in [2.45, 2.75) is 6.54 Å². The molecule has 24 heavy (non-hydrogen) atoms. The first kappa shape index (κ1) is 17.6. The van der Waals surface area contributed by atoms with Gasteiger partial charge >= 0.3 is 0 Å². The summed E-state index contributed by atoms with van der Waals surface area (Å²) in [5.74, 6) is -0.0112. The summed E-state index contributed by atoms with van der Waals surface area (Å²) in [5.41, 5.74) is 1.15. The molecule has 8 heteroatoms. The molecule has 2 aromatic rings. The Morgan fingerprint density at radius 3 is 2.58 bits per heavy atom. The van der Waals surface area contributed by atoms with E-state index >= 15 is 0 Å². The Balaban J connectivity index is 1.43. The van der Waals surface area contributed by atoms with E-state index in [0.29, 0.717) is 21.7 Å². The molecular formula is C16H18Cl2N4OS. The Morgan fingerprint density at radius 2 is 1.92 bits per heavy atom. The van der Waals surface area contributed by atoms with E-state index in [2.05, 4.69) is 20.1 Å². The summed E-state index contributed by atoms with van der Waals surface area (Å²) < 4.78 is 0. The Morgan fingerprint density at radius 1 is 1.17 bits per heavy atom. The van der Waals surface area contributed by atoms with Crippen LogP contribution >= 0.6 is 34.5 Å². The van der Waals surface area contributed by atoms with Gasteiger partial charge in [-0.15, -0.1) is 11.3 Å². The Labute approximate surface area is 155 Å². The number of thiazole rings is 1. The van der Waals surface area contributed by atoms with Crippen LogP contribution in [-0.4, -0.2) is 53.4 Å². The predicted molar refractivity (Wildman–Crippen MR) is 98.9 cm³/mol. The average Bonchev–Trinajstić information content (AvgIpc) is 3.06. The summed E-state index contributed by atoms with van der Waals surface area (Å²) >= 11 is 13.4. The maximum absolute atomic E-state index is 12.0. The van der Waals surface area contributed by atoms with Gasteiger partial charge in [0.2, 0.25) is 5.91 Å². The molecule has 1 aromatic carbocycles. The molecule has 0 atom stereocenters. The lowest BCUT2D eigenvalue weighted by Gasteiger charge is -2.34. The predicted octanol–water partition coefficient (Wildman–Crippen LogP) is 3.21. The van der Waals surface area contributed by atoms with Crippen LogP contribution in [0.25, 0.3) is 0 Å². The number of nitrogens with zero attached hydrogens (tertiary/aromatic N) is 3. The van der Waals surface area contributed by atoms with Crippen molar-refractivity contribution in [3.63, 3.8) is 0 Å². The number of carbonyl (C=O) groups is 1. The number of hydrogen-bond acceptors (Lipinski definition) is 5. The summed E-state index contributed by atoms with van der Waals surface area (Å²) in [7, 11) is 0. The molecule has 1 aromatic heterocycles. The molecule has 0 spiro atoms.